The van der Waals surface area contributed by atoms with Gasteiger partial charge in [0.05, 0.1) is 0 Å². The summed E-state index contributed by atoms with van der Waals surface area (Å²) in [6, 6.07) is 2.45. The van der Waals surface area contributed by atoms with Crippen molar-refractivity contribution in [2.75, 3.05) is 11.9 Å². The fraction of sp³-hybridized carbons (Fsp3) is 0.733. The van der Waals surface area contributed by atoms with Gasteiger partial charge in [0, 0.05) is 25.1 Å². The molecule has 0 radical (unpaired) electrons. The summed E-state index contributed by atoms with van der Waals surface area (Å²) >= 11 is 6.14. The van der Waals surface area contributed by atoms with Crippen LogP contribution in [0.4, 0.5) is 5.82 Å². The van der Waals surface area contributed by atoms with Gasteiger partial charge >= 0.3 is 0 Å². The summed E-state index contributed by atoms with van der Waals surface area (Å²) in [5, 5.41) is 0.545. The average Bonchev–Trinajstić information content (AvgIpc) is 2.37. The van der Waals surface area contributed by atoms with Crippen LogP contribution in [0.3, 0.4) is 0 Å². The standard InChI is InChI=1S/C15H24ClN3/c1-10(2)15-17-13(16)9-14(18-15)19(4)12-8-6-5-7-11(12)3/h9-12H,5-8H2,1-4H3. The number of halogens is 1. The quantitative estimate of drug-likeness (QED) is 0.775. The molecule has 106 valence electrons. The van der Waals surface area contributed by atoms with E-state index in [1.54, 1.807) is 0 Å². The Kier molecular flexibility index (Phi) is 4.67. The molecule has 3 nitrogen and oxygen atoms in total. The third-order valence-electron chi connectivity index (χ3n) is 4.14. The second-order valence-corrected chi connectivity index (χ2v) is 6.39. The highest BCUT2D eigenvalue weighted by Gasteiger charge is 2.26. The van der Waals surface area contributed by atoms with Crippen LogP contribution in [0.2, 0.25) is 5.15 Å². The third-order valence-corrected chi connectivity index (χ3v) is 4.33. The maximum Gasteiger partial charge on any atom is 0.135 e. The van der Waals surface area contributed by atoms with Gasteiger partial charge in [0.25, 0.3) is 0 Å². The van der Waals surface area contributed by atoms with Crippen molar-refractivity contribution >= 4 is 17.4 Å². The fourth-order valence-corrected chi connectivity index (χ4v) is 3.09. The number of hydrogen-bond donors (Lipinski definition) is 0. The minimum Gasteiger partial charge on any atom is -0.356 e. The largest absolute Gasteiger partial charge is 0.356 e. The molecule has 19 heavy (non-hydrogen) atoms. The number of nitrogens with zero attached hydrogens (tertiary/aromatic N) is 3. The molecule has 1 fully saturated rings. The van der Waals surface area contributed by atoms with Gasteiger partial charge in [-0.25, -0.2) is 9.97 Å². The summed E-state index contributed by atoms with van der Waals surface area (Å²) in [7, 11) is 2.13. The highest BCUT2D eigenvalue weighted by molar-refractivity contribution is 6.29. The molecule has 1 aliphatic carbocycles. The molecule has 0 N–H and O–H groups in total. The molecule has 2 unspecified atom stereocenters. The fourth-order valence-electron chi connectivity index (χ4n) is 2.90. The van der Waals surface area contributed by atoms with E-state index in [1.807, 2.05) is 6.07 Å². The second-order valence-electron chi connectivity index (χ2n) is 6.00. The Morgan fingerprint density at radius 1 is 1.26 bits per heavy atom. The van der Waals surface area contributed by atoms with Crippen LogP contribution < -0.4 is 4.90 Å². The Labute approximate surface area is 121 Å². The molecular formula is C15H24ClN3. The van der Waals surface area contributed by atoms with E-state index in [0.29, 0.717) is 17.1 Å². The molecule has 1 aromatic rings. The number of anilines is 1. The summed E-state index contributed by atoms with van der Waals surface area (Å²) < 4.78 is 0. The van der Waals surface area contributed by atoms with Crippen LogP contribution >= 0.6 is 11.6 Å². The summed E-state index contributed by atoms with van der Waals surface area (Å²) in [6.07, 6.45) is 5.23. The SMILES string of the molecule is CC(C)c1nc(Cl)cc(N(C)C2CCCCC2C)n1. The first-order valence-electron chi connectivity index (χ1n) is 7.26. The van der Waals surface area contributed by atoms with Gasteiger partial charge in [-0.3, -0.25) is 0 Å². The maximum atomic E-state index is 6.14. The minimum atomic E-state index is 0.301. The first kappa shape index (κ1) is 14.6. The molecule has 0 aromatic carbocycles. The molecule has 1 aromatic heterocycles. The first-order valence-corrected chi connectivity index (χ1v) is 7.64. The van der Waals surface area contributed by atoms with Gasteiger partial charge in [0.15, 0.2) is 0 Å². The molecule has 0 aliphatic heterocycles. The molecular weight excluding hydrogens is 258 g/mol. The lowest BCUT2D eigenvalue weighted by Crippen LogP contribution is -2.39. The molecule has 0 amide bonds. The zero-order valence-corrected chi connectivity index (χ0v) is 13.1. The molecule has 1 saturated carbocycles. The van der Waals surface area contributed by atoms with Gasteiger partial charge in [-0.15, -0.1) is 0 Å². The Hall–Kier alpha value is -0.830. The zero-order chi connectivity index (χ0) is 14.0. The topological polar surface area (TPSA) is 29.0 Å². The maximum absolute atomic E-state index is 6.14. The monoisotopic (exact) mass is 281 g/mol. The van der Waals surface area contributed by atoms with Crippen LogP contribution in [0.5, 0.6) is 0 Å². The third kappa shape index (κ3) is 3.38. The van der Waals surface area contributed by atoms with Crippen molar-refractivity contribution in [2.45, 2.75) is 58.4 Å². The number of aromatic nitrogens is 2. The lowest BCUT2D eigenvalue weighted by Gasteiger charge is -2.37. The van der Waals surface area contributed by atoms with Gasteiger partial charge in [-0.05, 0) is 18.8 Å². The lowest BCUT2D eigenvalue weighted by atomic mass is 9.85. The summed E-state index contributed by atoms with van der Waals surface area (Å²) in [5.41, 5.74) is 0. The van der Waals surface area contributed by atoms with Gasteiger partial charge in [-0.1, -0.05) is 45.2 Å². The molecule has 0 spiro atoms. The van der Waals surface area contributed by atoms with E-state index in [2.05, 4.69) is 42.7 Å². The van der Waals surface area contributed by atoms with Crippen molar-refractivity contribution in [3.05, 3.63) is 17.0 Å². The van der Waals surface area contributed by atoms with E-state index >= 15 is 0 Å². The van der Waals surface area contributed by atoms with E-state index in [4.69, 9.17) is 11.6 Å². The molecule has 1 heterocycles. The van der Waals surface area contributed by atoms with Crippen molar-refractivity contribution in [1.29, 1.82) is 0 Å². The van der Waals surface area contributed by atoms with Crippen molar-refractivity contribution < 1.29 is 0 Å². The second kappa shape index (κ2) is 6.08. The normalized spacial score (nSPS) is 23.7. The zero-order valence-electron chi connectivity index (χ0n) is 12.4. The Morgan fingerprint density at radius 3 is 2.58 bits per heavy atom. The Bertz CT molecular complexity index is 433. The van der Waals surface area contributed by atoms with Gasteiger partial charge < -0.3 is 4.90 Å². The number of hydrogen-bond acceptors (Lipinski definition) is 3. The van der Waals surface area contributed by atoms with Crippen molar-refractivity contribution in [1.82, 2.24) is 9.97 Å². The van der Waals surface area contributed by atoms with E-state index < -0.39 is 0 Å². The predicted octanol–water partition coefficient (Wildman–Crippen LogP) is 4.27. The summed E-state index contributed by atoms with van der Waals surface area (Å²) in [4.78, 5) is 11.3. The molecule has 2 rings (SSSR count). The van der Waals surface area contributed by atoms with Crippen LogP contribution in [0.25, 0.3) is 0 Å². The van der Waals surface area contributed by atoms with E-state index in [0.717, 1.165) is 17.6 Å². The molecule has 0 bridgehead atoms. The first-order chi connectivity index (χ1) is 8.99. The van der Waals surface area contributed by atoms with Crippen LogP contribution in [0.1, 0.15) is 58.2 Å². The minimum absolute atomic E-state index is 0.301. The van der Waals surface area contributed by atoms with Crippen LogP contribution in [0.15, 0.2) is 6.07 Å². The molecule has 1 aliphatic rings. The van der Waals surface area contributed by atoms with Crippen LogP contribution in [0, 0.1) is 5.92 Å². The van der Waals surface area contributed by atoms with Crippen LogP contribution in [-0.2, 0) is 0 Å². The average molecular weight is 282 g/mol. The number of rotatable bonds is 3. The van der Waals surface area contributed by atoms with E-state index in [1.165, 1.54) is 25.7 Å². The summed E-state index contributed by atoms with van der Waals surface area (Å²) in [5.74, 6) is 2.81. The van der Waals surface area contributed by atoms with Gasteiger partial charge in [0.2, 0.25) is 0 Å². The molecule has 0 saturated heterocycles. The van der Waals surface area contributed by atoms with E-state index in [9.17, 15) is 0 Å². The smallest absolute Gasteiger partial charge is 0.135 e. The van der Waals surface area contributed by atoms with Gasteiger partial charge in [-0.2, -0.15) is 0 Å². The van der Waals surface area contributed by atoms with Crippen LogP contribution in [-0.4, -0.2) is 23.1 Å². The van der Waals surface area contributed by atoms with Crippen molar-refractivity contribution in [3.63, 3.8) is 0 Å². The van der Waals surface area contributed by atoms with Crippen molar-refractivity contribution in [3.8, 4) is 0 Å². The lowest BCUT2D eigenvalue weighted by molar-refractivity contribution is 0.320. The van der Waals surface area contributed by atoms with Crippen molar-refractivity contribution in [2.24, 2.45) is 5.92 Å². The molecule has 4 heteroatoms. The predicted molar refractivity (Wildman–Crippen MR) is 81.0 cm³/mol. The Morgan fingerprint density at radius 2 is 1.95 bits per heavy atom. The highest BCUT2D eigenvalue weighted by atomic mass is 35.5. The Balaban J connectivity index is 2.24. The van der Waals surface area contributed by atoms with Gasteiger partial charge in [0.1, 0.15) is 16.8 Å². The molecule has 2 atom stereocenters. The highest BCUT2D eigenvalue weighted by Crippen LogP contribution is 2.30. The van der Waals surface area contributed by atoms with E-state index in [-0.39, 0.29) is 0 Å². The summed E-state index contributed by atoms with van der Waals surface area (Å²) in [6.45, 7) is 6.53.